The zero-order valence-corrected chi connectivity index (χ0v) is 16.3. The molecule has 28 heavy (non-hydrogen) atoms. The fourth-order valence-corrected chi connectivity index (χ4v) is 3.90. The van der Waals surface area contributed by atoms with Crippen molar-refractivity contribution < 1.29 is 0 Å². The Hall–Kier alpha value is -3.22. The number of anilines is 2. The first-order chi connectivity index (χ1) is 13.5. The third-order valence-electron chi connectivity index (χ3n) is 5.37. The summed E-state index contributed by atoms with van der Waals surface area (Å²) < 4.78 is 0. The molecule has 0 bridgehead atoms. The second kappa shape index (κ2) is 7.42. The number of hydrogen-bond donors (Lipinski definition) is 3. The number of nitrogens with one attached hydrogen (secondary N) is 1. The lowest BCUT2D eigenvalue weighted by Crippen LogP contribution is -1.98. The molecule has 0 unspecified atom stereocenters. The Bertz CT molecular complexity index is 1090. The van der Waals surface area contributed by atoms with Crippen LogP contribution in [0.5, 0.6) is 0 Å². The Balaban J connectivity index is 1.56. The van der Waals surface area contributed by atoms with Gasteiger partial charge in [-0.15, -0.1) is 0 Å². The largest absolute Gasteiger partial charge is 0.382 e. The number of nitrogens with two attached hydrogens (primary N) is 2. The first-order valence-electron chi connectivity index (χ1n) is 9.58. The van der Waals surface area contributed by atoms with Crippen molar-refractivity contribution in [1.29, 1.82) is 0 Å². The van der Waals surface area contributed by atoms with E-state index in [1.54, 1.807) is 6.20 Å². The van der Waals surface area contributed by atoms with Crippen LogP contribution in [0.1, 0.15) is 38.7 Å². The Morgan fingerprint density at radius 1 is 1.11 bits per heavy atom. The Kier molecular flexibility index (Phi) is 4.81. The molecule has 0 saturated heterocycles. The average Bonchev–Trinajstić information content (AvgIpc) is 3.21. The highest BCUT2D eigenvalue weighted by molar-refractivity contribution is 6.00. The summed E-state index contributed by atoms with van der Waals surface area (Å²) in [6, 6.07) is 6.01. The molecule has 4 rings (SSSR count). The number of nitrogens with zero attached hydrogens (tertiary/aromatic N) is 4. The highest BCUT2D eigenvalue weighted by Crippen LogP contribution is 2.30. The van der Waals surface area contributed by atoms with E-state index in [-0.39, 0.29) is 5.95 Å². The Labute approximate surface area is 164 Å². The van der Waals surface area contributed by atoms with Gasteiger partial charge in [0.1, 0.15) is 0 Å². The topological polar surface area (TPSA) is 119 Å². The molecule has 0 fully saturated rings. The van der Waals surface area contributed by atoms with Gasteiger partial charge in [0, 0.05) is 22.9 Å². The molecule has 1 aromatic carbocycles. The average molecular weight is 375 g/mol. The zero-order chi connectivity index (χ0) is 19.7. The number of aromatic amines is 1. The van der Waals surface area contributed by atoms with Crippen LogP contribution < -0.4 is 11.5 Å². The van der Waals surface area contributed by atoms with E-state index < -0.39 is 0 Å². The zero-order valence-electron chi connectivity index (χ0n) is 16.3. The van der Waals surface area contributed by atoms with E-state index in [2.05, 4.69) is 45.1 Å². The number of nitrogen functional groups attached to an aromatic ring is 2. The first-order valence-corrected chi connectivity index (χ1v) is 9.58. The lowest BCUT2D eigenvalue weighted by Gasteiger charge is -2.09. The van der Waals surface area contributed by atoms with E-state index >= 15 is 0 Å². The van der Waals surface area contributed by atoms with Gasteiger partial charge < -0.3 is 11.5 Å². The van der Waals surface area contributed by atoms with Gasteiger partial charge in [0.25, 0.3) is 0 Å². The molecule has 144 valence electrons. The summed E-state index contributed by atoms with van der Waals surface area (Å²) in [6.07, 6.45) is 5.86. The van der Waals surface area contributed by atoms with Crippen molar-refractivity contribution in [3.8, 4) is 11.3 Å². The van der Waals surface area contributed by atoms with Crippen molar-refractivity contribution in [1.82, 2.24) is 20.2 Å². The van der Waals surface area contributed by atoms with Crippen molar-refractivity contribution in [2.24, 2.45) is 4.99 Å². The van der Waals surface area contributed by atoms with Crippen LogP contribution in [0.25, 0.3) is 22.2 Å². The van der Waals surface area contributed by atoms with Gasteiger partial charge in [-0.3, -0.25) is 10.1 Å². The molecule has 0 aliphatic carbocycles. The SMILES string of the molecule is CC1=NCC(C)=C1CCCCc1cc(-c2ccnc(N)n2)cc2[nH]nc(N)c12. The van der Waals surface area contributed by atoms with E-state index in [1.807, 2.05) is 12.1 Å². The van der Waals surface area contributed by atoms with Crippen LogP contribution in [0.4, 0.5) is 11.8 Å². The maximum Gasteiger partial charge on any atom is 0.220 e. The predicted molar refractivity (Wildman–Crippen MR) is 114 cm³/mol. The quantitative estimate of drug-likeness (QED) is 0.568. The molecule has 3 aromatic rings. The molecule has 1 aliphatic rings. The van der Waals surface area contributed by atoms with E-state index in [0.29, 0.717) is 5.82 Å². The predicted octanol–water partition coefficient (Wildman–Crippen LogP) is 3.69. The number of fused-ring (bicyclic) bond motifs is 1. The first kappa shape index (κ1) is 18.2. The molecule has 0 saturated carbocycles. The fraction of sp³-hybridized carbons (Fsp3) is 0.333. The molecule has 0 radical (unpaired) electrons. The number of H-pyrrole nitrogens is 1. The van der Waals surface area contributed by atoms with Gasteiger partial charge in [0.2, 0.25) is 5.95 Å². The lowest BCUT2D eigenvalue weighted by molar-refractivity contribution is 0.740. The van der Waals surface area contributed by atoms with Gasteiger partial charge in [0.15, 0.2) is 5.82 Å². The van der Waals surface area contributed by atoms with Gasteiger partial charge in [-0.2, -0.15) is 5.10 Å². The number of allylic oxidation sites excluding steroid dienone is 1. The standard InChI is InChI=1S/C21H25N7/c1-12-11-25-13(2)16(12)6-4-3-5-14-9-15(17-7-8-24-21(23)26-17)10-18-19(14)20(22)28-27-18/h7-10H,3-6,11H2,1-2H3,(H3,22,27,28)(H2,23,24,26). The molecule has 0 spiro atoms. The second-order valence-electron chi connectivity index (χ2n) is 7.33. The molecule has 2 aromatic heterocycles. The molecular weight excluding hydrogens is 350 g/mol. The van der Waals surface area contributed by atoms with Gasteiger partial charge in [-0.05, 0) is 74.4 Å². The van der Waals surface area contributed by atoms with Crippen LogP contribution in [0.2, 0.25) is 0 Å². The van der Waals surface area contributed by atoms with E-state index in [4.69, 9.17) is 11.5 Å². The van der Waals surface area contributed by atoms with Crippen molar-refractivity contribution in [3.05, 3.63) is 41.1 Å². The second-order valence-corrected chi connectivity index (χ2v) is 7.33. The van der Waals surface area contributed by atoms with Crippen molar-refractivity contribution in [2.75, 3.05) is 18.0 Å². The maximum absolute atomic E-state index is 6.12. The van der Waals surface area contributed by atoms with Gasteiger partial charge in [0.05, 0.1) is 17.8 Å². The summed E-state index contributed by atoms with van der Waals surface area (Å²) in [7, 11) is 0. The molecule has 1 aliphatic heterocycles. The third kappa shape index (κ3) is 3.47. The number of aromatic nitrogens is 4. The highest BCUT2D eigenvalue weighted by atomic mass is 15.1. The van der Waals surface area contributed by atoms with Crippen LogP contribution in [0, 0.1) is 0 Å². The minimum absolute atomic E-state index is 0.264. The van der Waals surface area contributed by atoms with Gasteiger partial charge >= 0.3 is 0 Å². The van der Waals surface area contributed by atoms with Gasteiger partial charge in [-0.25, -0.2) is 9.97 Å². The number of hydrogen-bond acceptors (Lipinski definition) is 6. The van der Waals surface area contributed by atoms with Crippen LogP contribution in [0.15, 0.2) is 40.5 Å². The lowest BCUT2D eigenvalue weighted by atomic mass is 9.96. The van der Waals surface area contributed by atoms with Crippen LogP contribution >= 0.6 is 0 Å². The maximum atomic E-state index is 6.12. The highest BCUT2D eigenvalue weighted by Gasteiger charge is 2.14. The monoisotopic (exact) mass is 375 g/mol. The summed E-state index contributed by atoms with van der Waals surface area (Å²) in [5.74, 6) is 0.802. The summed E-state index contributed by atoms with van der Waals surface area (Å²) >= 11 is 0. The molecule has 7 nitrogen and oxygen atoms in total. The van der Waals surface area contributed by atoms with Crippen molar-refractivity contribution in [2.45, 2.75) is 39.5 Å². The normalized spacial score (nSPS) is 14.1. The summed E-state index contributed by atoms with van der Waals surface area (Å²) in [6.45, 7) is 5.15. The molecule has 0 amide bonds. The third-order valence-corrected chi connectivity index (χ3v) is 5.37. The molecule has 7 heteroatoms. The summed E-state index contributed by atoms with van der Waals surface area (Å²) in [5.41, 5.74) is 19.8. The van der Waals surface area contributed by atoms with E-state index in [9.17, 15) is 0 Å². The van der Waals surface area contributed by atoms with Crippen molar-refractivity contribution in [3.63, 3.8) is 0 Å². The van der Waals surface area contributed by atoms with E-state index in [1.165, 1.54) is 22.4 Å². The molecule has 3 heterocycles. The van der Waals surface area contributed by atoms with Gasteiger partial charge in [-0.1, -0.05) is 0 Å². The number of benzene rings is 1. The Morgan fingerprint density at radius 2 is 1.93 bits per heavy atom. The molecular formula is C21H25N7. The van der Waals surface area contributed by atoms with Crippen LogP contribution in [-0.4, -0.2) is 32.4 Å². The molecule has 5 N–H and O–H groups in total. The van der Waals surface area contributed by atoms with Crippen LogP contribution in [0.3, 0.4) is 0 Å². The minimum Gasteiger partial charge on any atom is -0.382 e. The fourth-order valence-electron chi connectivity index (χ4n) is 3.90. The van der Waals surface area contributed by atoms with E-state index in [0.717, 1.165) is 54.4 Å². The van der Waals surface area contributed by atoms with Crippen molar-refractivity contribution >= 4 is 28.4 Å². The number of aryl methyl sites for hydroxylation is 1. The minimum atomic E-state index is 0.264. The van der Waals surface area contributed by atoms with Crippen LogP contribution in [-0.2, 0) is 6.42 Å². The number of rotatable bonds is 6. The Morgan fingerprint density at radius 3 is 2.68 bits per heavy atom. The number of aliphatic imine (C=N–C) groups is 1. The smallest absolute Gasteiger partial charge is 0.220 e. The summed E-state index contributed by atoms with van der Waals surface area (Å²) in [4.78, 5) is 12.8. The molecule has 0 atom stereocenters. The summed E-state index contributed by atoms with van der Waals surface area (Å²) in [5, 5.41) is 8.22. The number of unbranched alkanes of at least 4 members (excludes halogenated alkanes) is 1.